The van der Waals surface area contributed by atoms with Gasteiger partial charge in [-0.3, -0.25) is 0 Å². The summed E-state index contributed by atoms with van der Waals surface area (Å²) in [6, 6.07) is 0.560. The van der Waals surface area contributed by atoms with E-state index >= 15 is 0 Å². The summed E-state index contributed by atoms with van der Waals surface area (Å²) in [5, 5.41) is 3.50. The van der Waals surface area contributed by atoms with Crippen LogP contribution in [0, 0.1) is 11.8 Å². The Morgan fingerprint density at radius 3 is 2.41 bits per heavy atom. The highest BCUT2D eigenvalue weighted by Crippen LogP contribution is 2.29. The van der Waals surface area contributed by atoms with Crippen LogP contribution in [0.1, 0.15) is 39.5 Å². The van der Waals surface area contributed by atoms with Gasteiger partial charge in [0.2, 0.25) is 10.0 Å². The van der Waals surface area contributed by atoms with Crippen molar-refractivity contribution in [1.82, 2.24) is 10.0 Å². The van der Waals surface area contributed by atoms with E-state index in [9.17, 15) is 8.42 Å². The van der Waals surface area contributed by atoms with Crippen molar-refractivity contribution < 1.29 is 8.42 Å². The van der Waals surface area contributed by atoms with E-state index < -0.39 is 10.0 Å². The molecule has 0 heterocycles. The van der Waals surface area contributed by atoms with Crippen LogP contribution in [-0.4, -0.2) is 33.8 Å². The third-order valence-electron chi connectivity index (χ3n) is 3.57. The molecule has 0 aromatic rings. The summed E-state index contributed by atoms with van der Waals surface area (Å²) in [5.74, 6) is 1.44. The molecule has 0 aliphatic heterocycles. The molecule has 1 fully saturated rings. The minimum absolute atomic E-state index is 0.486. The van der Waals surface area contributed by atoms with Crippen LogP contribution in [0.25, 0.3) is 0 Å². The molecule has 1 aliphatic carbocycles. The Morgan fingerprint density at radius 1 is 1.18 bits per heavy atom. The van der Waals surface area contributed by atoms with E-state index in [1.807, 2.05) is 0 Å². The van der Waals surface area contributed by atoms with Crippen LogP contribution in [0.4, 0.5) is 0 Å². The molecule has 102 valence electrons. The summed E-state index contributed by atoms with van der Waals surface area (Å²) in [6.45, 7) is 5.76. The first-order valence-corrected chi connectivity index (χ1v) is 8.47. The summed E-state index contributed by atoms with van der Waals surface area (Å²) in [5.41, 5.74) is 0. The first-order valence-electron chi connectivity index (χ1n) is 6.58. The summed E-state index contributed by atoms with van der Waals surface area (Å²) in [6.07, 6.45) is 6.35. The van der Waals surface area contributed by atoms with Gasteiger partial charge in [-0.1, -0.05) is 26.7 Å². The Kier molecular flexibility index (Phi) is 5.89. The molecule has 2 atom stereocenters. The molecule has 0 amide bonds. The Balaban J connectivity index is 2.29. The fourth-order valence-electron chi connectivity index (χ4n) is 2.70. The van der Waals surface area contributed by atoms with Gasteiger partial charge in [0, 0.05) is 19.1 Å². The molecule has 0 spiro atoms. The molecule has 1 rings (SSSR count). The van der Waals surface area contributed by atoms with Gasteiger partial charge < -0.3 is 5.32 Å². The van der Waals surface area contributed by atoms with Crippen LogP contribution in [-0.2, 0) is 10.0 Å². The molecular weight excluding hydrogens is 236 g/mol. The van der Waals surface area contributed by atoms with E-state index in [2.05, 4.69) is 23.9 Å². The van der Waals surface area contributed by atoms with Crippen molar-refractivity contribution in [3.63, 3.8) is 0 Å². The molecule has 0 bridgehead atoms. The lowest BCUT2D eigenvalue weighted by Gasteiger charge is -2.35. The Bertz CT molecular complexity index is 314. The van der Waals surface area contributed by atoms with E-state index in [-0.39, 0.29) is 0 Å². The predicted molar refractivity (Wildman–Crippen MR) is 71.4 cm³/mol. The van der Waals surface area contributed by atoms with Crippen LogP contribution in [0.15, 0.2) is 0 Å². The second kappa shape index (κ2) is 6.71. The molecule has 4 nitrogen and oxygen atoms in total. The van der Waals surface area contributed by atoms with Gasteiger partial charge >= 0.3 is 0 Å². The molecule has 2 N–H and O–H groups in total. The van der Waals surface area contributed by atoms with E-state index in [0.717, 1.165) is 12.5 Å². The first kappa shape index (κ1) is 14.9. The maximum atomic E-state index is 10.9. The molecule has 5 heteroatoms. The van der Waals surface area contributed by atoms with E-state index in [0.29, 0.717) is 18.5 Å². The Labute approximate surface area is 106 Å². The number of sulfonamides is 1. The minimum atomic E-state index is -3.05. The van der Waals surface area contributed by atoms with E-state index in [4.69, 9.17) is 0 Å². The first-order chi connectivity index (χ1) is 7.90. The third kappa shape index (κ3) is 5.84. The van der Waals surface area contributed by atoms with Gasteiger partial charge in [-0.05, 0) is 24.7 Å². The molecular formula is C12H26N2O2S. The van der Waals surface area contributed by atoms with Crippen LogP contribution < -0.4 is 10.0 Å². The fraction of sp³-hybridized carbons (Fsp3) is 1.00. The largest absolute Gasteiger partial charge is 0.312 e. The molecule has 0 radical (unpaired) electrons. The highest BCUT2D eigenvalue weighted by Gasteiger charge is 2.26. The second-order valence-electron chi connectivity index (χ2n) is 5.42. The summed E-state index contributed by atoms with van der Waals surface area (Å²) >= 11 is 0. The highest BCUT2D eigenvalue weighted by atomic mass is 32.2. The highest BCUT2D eigenvalue weighted by molar-refractivity contribution is 7.88. The van der Waals surface area contributed by atoms with Crippen molar-refractivity contribution >= 4 is 10.0 Å². The standard InChI is InChI=1S/C12H26N2O2S/c1-10(2)11-6-4-5-7-12(11)13-8-9-14-17(3,15)16/h10-14H,4-9H2,1-3H3. The smallest absolute Gasteiger partial charge is 0.208 e. The van der Waals surface area contributed by atoms with E-state index in [1.54, 1.807) is 0 Å². The summed E-state index contributed by atoms with van der Waals surface area (Å²) in [7, 11) is -3.05. The number of rotatable bonds is 6. The van der Waals surface area contributed by atoms with Crippen molar-refractivity contribution in [3.05, 3.63) is 0 Å². The Morgan fingerprint density at radius 2 is 1.82 bits per heavy atom. The van der Waals surface area contributed by atoms with Gasteiger partial charge in [0.1, 0.15) is 0 Å². The zero-order chi connectivity index (χ0) is 12.9. The molecule has 17 heavy (non-hydrogen) atoms. The van der Waals surface area contributed by atoms with Gasteiger partial charge in [0.15, 0.2) is 0 Å². The SMILES string of the molecule is CC(C)C1CCCCC1NCCNS(C)(=O)=O. The lowest BCUT2D eigenvalue weighted by Crippen LogP contribution is -2.43. The van der Waals surface area contributed by atoms with Crippen LogP contribution in [0.2, 0.25) is 0 Å². The quantitative estimate of drug-likeness (QED) is 0.710. The zero-order valence-electron chi connectivity index (χ0n) is 11.2. The van der Waals surface area contributed by atoms with Crippen molar-refractivity contribution in [2.45, 2.75) is 45.6 Å². The molecule has 1 saturated carbocycles. The molecule has 1 aliphatic rings. The number of nitrogens with one attached hydrogen (secondary N) is 2. The second-order valence-corrected chi connectivity index (χ2v) is 7.25. The number of hydrogen-bond donors (Lipinski definition) is 2. The monoisotopic (exact) mass is 262 g/mol. The maximum Gasteiger partial charge on any atom is 0.208 e. The van der Waals surface area contributed by atoms with Crippen molar-refractivity contribution in [3.8, 4) is 0 Å². The summed E-state index contributed by atoms with van der Waals surface area (Å²) in [4.78, 5) is 0. The summed E-state index contributed by atoms with van der Waals surface area (Å²) < 4.78 is 24.3. The normalized spacial score (nSPS) is 26.4. The van der Waals surface area contributed by atoms with Gasteiger partial charge in [-0.2, -0.15) is 0 Å². The fourth-order valence-corrected chi connectivity index (χ4v) is 3.18. The topological polar surface area (TPSA) is 58.2 Å². The van der Waals surface area contributed by atoms with Gasteiger partial charge in [-0.15, -0.1) is 0 Å². The van der Waals surface area contributed by atoms with Crippen LogP contribution in [0.5, 0.6) is 0 Å². The predicted octanol–water partition coefficient (Wildman–Crippen LogP) is 1.34. The minimum Gasteiger partial charge on any atom is -0.312 e. The van der Waals surface area contributed by atoms with E-state index in [1.165, 1.54) is 31.9 Å². The van der Waals surface area contributed by atoms with Gasteiger partial charge in [0.25, 0.3) is 0 Å². The average Bonchev–Trinajstić information content (AvgIpc) is 2.23. The maximum absolute atomic E-state index is 10.9. The van der Waals surface area contributed by atoms with Crippen molar-refractivity contribution in [1.29, 1.82) is 0 Å². The van der Waals surface area contributed by atoms with Crippen LogP contribution in [0.3, 0.4) is 0 Å². The molecule has 2 unspecified atom stereocenters. The lowest BCUT2D eigenvalue weighted by molar-refractivity contribution is 0.207. The average molecular weight is 262 g/mol. The Hall–Kier alpha value is -0.130. The lowest BCUT2D eigenvalue weighted by atomic mass is 9.78. The van der Waals surface area contributed by atoms with Crippen molar-refractivity contribution in [2.75, 3.05) is 19.3 Å². The van der Waals surface area contributed by atoms with Crippen LogP contribution >= 0.6 is 0 Å². The van der Waals surface area contributed by atoms with Gasteiger partial charge in [-0.25, -0.2) is 13.1 Å². The van der Waals surface area contributed by atoms with Gasteiger partial charge in [0.05, 0.1) is 6.26 Å². The van der Waals surface area contributed by atoms with Crippen molar-refractivity contribution in [2.24, 2.45) is 11.8 Å². The zero-order valence-corrected chi connectivity index (χ0v) is 12.0. The molecule has 0 saturated heterocycles. The molecule has 0 aromatic carbocycles. The third-order valence-corrected chi connectivity index (χ3v) is 4.30. The molecule has 0 aromatic heterocycles. The number of hydrogen-bond acceptors (Lipinski definition) is 3.